The van der Waals surface area contributed by atoms with E-state index in [4.69, 9.17) is 11.6 Å². The Labute approximate surface area is 235 Å². The summed E-state index contributed by atoms with van der Waals surface area (Å²) in [5, 5.41) is 12.9. The third-order valence-electron chi connectivity index (χ3n) is 5.97. The molecule has 3 rings (SSSR count). The van der Waals surface area contributed by atoms with Crippen molar-refractivity contribution in [1.29, 1.82) is 0 Å². The van der Waals surface area contributed by atoms with Crippen LogP contribution in [0, 0.1) is 13.8 Å². The molecule has 0 saturated heterocycles. The van der Waals surface area contributed by atoms with Crippen molar-refractivity contribution >= 4 is 48.7 Å². The van der Waals surface area contributed by atoms with Crippen molar-refractivity contribution in [2.24, 2.45) is 0 Å². The number of alkyl halides is 3. The second-order valence-electron chi connectivity index (χ2n) is 10.0. The van der Waals surface area contributed by atoms with E-state index < -0.39 is 52.4 Å². The first kappa shape index (κ1) is 31.2. The Morgan fingerprint density at radius 1 is 0.875 bits per heavy atom. The molecule has 0 bridgehead atoms. The number of hydrogen-bond donors (Lipinski definition) is 3. The van der Waals surface area contributed by atoms with Crippen LogP contribution < -0.4 is 10.0 Å². The molecular formula is C26H26ClF3N2O6S2. The fraction of sp³-hybridized carbons (Fsp3) is 0.269. The molecule has 3 N–H and O–H groups in total. The fourth-order valence-electron chi connectivity index (χ4n) is 3.73. The molecule has 0 atom stereocenters. The van der Waals surface area contributed by atoms with Gasteiger partial charge in [0.05, 0.1) is 31.8 Å². The second-order valence-corrected chi connectivity index (χ2v) is 14.1. The molecule has 0 radical (unpaired) electrons. The van der Waals surface area contributed by atoms with E-state index in [9.17, 15) is 39.9 Å². The lowest BCUT2D eigenvalue weighted by atomic mass is 9.83. The number of halogens is 4. The van der Waals surface area contributed by atoms with Crippen LogP contribution >= 0.6 is 11.6 Å². The molecule has 0 aliphatic carbocycles. The Morgan fingerprint density at radius 2 is 1.43 bits per heavy atom. The molecule has 0 aromatic heterocycles. The number of aromatic hydroxyl groups is 1. The molecule has 3 aromatic carbocycles. The molecule has 0 aliphatic rings. The van der Waals surface area contributed by atoms with Crippen molar-refractivity contribution in [3.05, 3.63) is 75.8 Å². The highest BCUT2D eigenvalue weighted by Gasteiger charge is 2.47. The van der Waals surface area contributed by atoms with Crippen molar-refractivity contribution < 1.29 is 39.9 Å². The minimum absolute atomic E-state index is 0.00571. The maximum atomic E-state index is 13.3. The molecule has 0 aliphatic heterocycles. The molecule has 8 nitrogen and oxygen atoms in total. The summed E-state index contributed by atoms with van der Waals surface area (Å²) >= 11 is 6.00. The number of sulfonamides is 1. The first-order chi connectivity index (χ1) is 18.2. The number of carbonyl (C=O) groups is 1. The van der Waals surface area contributed by atoms with E-state index in [1.165, 1.54) is 25.1 Å². The number of amides is 1. The number of nitrogens with one attached hydrogen (secondary N) is 2. The van der Waals surface area contributed by atoms with Crippen molar-refractivity contribution in [2.45, 2.75) is 55.3 Å². The van der Waals surface area contributed by atoms with E-state index in [0.717, 1.165) is 11.6 Å². The Bertz CT molecular complexity index is 1700. The smallest absolute Gasteiger partial charge is 0.501 e. The number of anilines is 2. The molecule has 40 heavy (non-hydrogen) atoms. The van der Waals surface area contributed by atoms with Gasteiger partial charge in [-0.05, 0) is 61.2 Å². The summed E-state index contributed by atoms with van der Waals surface area (Å²) in [5.74, 6) is -1.42. The highest BCUT2D eigenvalue weighted by atomic mass is 35.5. The topological polar surface area (TPSA) is 130 Å². The maximum absolute atomic E-state index is 13.3. The molecule has 14 heteroatoms. The van der Waals surface area contributed by atoms with Crippen LogP contribution in [0.5, 0.6) is 5.75 Å². The zero-order valence-corrected chi connectivity index (χ0v) is 24.3. The lowest BCUT2D eigenvalue weighted by Gasteiger charge is -2.25. The summed E-state index contributed by atoms with van der Waals surface area (Å²) in [6, 6.07) is 9.52. The number of phenols is 1. The van der Waals surface area contributed by atoms with Crippen LogP contribution in [0.4, 0.5) is 24.5 Å². The lowest BCUT2D eigenvalue weighted by Crippen LogP contribution is -2.23. The predicted octanol–water partition coefficient (Wildman–Crippen LogP) is 6.31. The van der Waals surface area contributed by atoms with E-state index >= 15 is 0 Å². The Balaban J connectivity index is 2.09. The standard InChI is InChI=1S/C26H26ClF3N2O6S2/c1-14-6-8-16(9-7-14)40(37,38)32-21-13-18(25(3,4)5)23(33)22(15(21)2)24(34)31-20-11-10-17(12-19(20)27)39(35,36)26(28,29)30/h6-13,32-33H,1-5H3,(H,31,34). The van der Waals surface area contributed by atoms with Crippen LogP contribution in [0.1, 0.15) is 47.8 Å². The van der Waals surface area contributed by atoms with Crippen LogP contribution in [0.2, 0.25) is 5.02 Å². The van der Waals surface area contributed by atoms with Crippen molar-refractivity contribution in [3.63, 3.8) is 0 Å². The van der Waals surface area contributed by atoms with Crippen molar-refractivity contribution in [2.75, 3.05) is 10.0 Å². The number of phenolic OH excluding ortho intramolecular Hbond substituents is 1. The van der Waals surface area contributed by atoms with E-state index in [1.54, 1.807) is 39.8 Å². The van der Waals surface area contributed by atoms with Crippen LogP contribution in [0.15, 0.2) is 58.3 Å². The number of rotatable bonds is 6. The summed E-state index contributed by atoms with van der Waals surface area (Å²) in [4.78, 5) is 12.2. The lowest BCUT2D eigenvalue weighted by molar-refractivity contribution is -0.0436. The van der Waals surface area contributed by atoms with Gasteiger partial charge in [0.25, 0.3) is 25.8 Å². The first-order valence-corrected chi connectivity index (χ1v) is 14.9. The van der Waals surface area contributed by atoms with Gasteiger partial charge in [-0.2, -0.15) is 13.2 Å². The van der Waals surface area contributed by atoms with Crippen LogP contribution in [-0.4, -0.2) is 33.4 Å². The zero-order chi connectivity index (χ0) is 30.4. The molecule has 0 fully saturated rings. The van der Waals surface area contributed by atoms with Crippen LogP contribution in [-0.2, 0) is 25.3 Å². The minimum atomic E-state index is -5.68. The van der Waals surface area contributed by atoms with Gasteiger partial charge >= 0.3 is 5.51 Å². The summed E-state index contributed by atoms with van der Waals surface area (Å²) in [6.45, 7) is 8.38. The highest BCUT2D eigenvalue weighted by Crippen LogP contribution is 2.40. The van der Waals surface area contributed by atoms with E-state index in [-0.39, 0.29) is 33.0 Å². The van der Waals surface area contributed by atoms with Gasteiger partial charge in [-0.15, -0.1) is 0 Å². The quantitative estimate of drug-likeness (QED) is 0.278. The number of sulfone groups is 1. The van der Waals surface area contributed by atoms with Gasteiger partial charge in [-0.3, -0.25) is 9.52 Å². The molecule has 0 saturated carbocycles. The summed E-state index contributed by atoms with van der Waals surface area (Å²) in [7, 11) is -9.78. The molecule has 0 spiro atoms. The van der Waals surface area contributed by atoms with Crippen LogP contribution in [0.3, 0.4) is 0 Å². The Kier molecular flexibility index (Phi) is 8.28. The summed E-state index contributed by atoms with van der Waals surface area (Å²) in [6.07, 6.45) is 0. The van der Waals surface area contributed by atoms with Crippen molar-refractivity contribution in [3.8, 4) is 5.75 Å². The zero-order valence-electron chi connectivity index (χ0n) is 21.9. The minimum Gasteiger partial charge on any atom is -0.507 e. The first-order valence-electron chi connectivity index (χ1n) is 11.6. The third-order valence-corrected chi connectivity index (χ3v) is 9.15. The van der Waals surface area contributed by atoms with Gasteiger partial charge in [0.15, 0.2) is 0 Å². The third kappa shape index (κ3) is 6.21. The predicted molar refractivity (Wildman–Crippen MR) is 146 cm³/mol. The van der Waals surface area contributed by atoms with E-state index in [2.05, 4.69) is 10.0 Å². The maximum Gasteiger partial charge on any atom is 0.501 e. The van der Waals surface area contributed by atoms with Gasteiger partial charge < -0.3 is 10.4 Å². The highest BCUT2D eigenvalue weighted by molar-refractivity contribution is 7.92. The molecule has 1 amide bonds. The van der Waals surface area contributed by atoms with Gasteiger partial charge in [-0.1, -0.05) is 50.1 Å². The van der Waals surface area contributed by atoms with Gasteiger partial charge in [-0.25, -0.2) is 16.8 Å². The molecule has 0 unspecified atom stereocenters. The van der Waals surface area contributed by atoms with E-state index in [0.29, 0.717) is 12.1 Å². The second kappa shape index (κ2) is 10.6. The number of hydrogen-bond acceptors (Lipinski definition) is 6. The van der Waals surface area contributed by atoms with Gasteiger partial charge in [0, 0.05) is 5.56 Å². The summed E-state index contributed by atoms with van der Waals surface area (Å²) in [5.41, 5.74) is -5.76. The monoisotopic (exact) mass is 618 g/mol. The SMILES string of the molecule is Cc1ccc(S(=O)(=O)Nc2cc(C(C)(C)C)c(O)c(C(=O)Nc3ccc(S(=O)(=O)C(F)(F)F)cc3Cl)c2C)cc1. The van der Waals surface area contributed by atoms with Gasteiger partial charge in [0.2, 0.25) is 0 Å². The molecule has 0 heterocycles. The molecule has 216 valence electrons. The van der Waals surface area contributed by atoms with E-state index in [1.807, 2.05) is 0 Å². The number of aryl methyl sites for hydroxylation is 1. The fourth-order valence-corrected chi connectivity index (χ4v) is 5.92. The summed E-state index contributed by atoms with van der Waals surface area (Å²) < 4.78 is 90.7. The Morgan fingerprint density at radius 3 is 1.93 bits per heavy atom. The number of benzene rings is 3. The molecular weight excluding hydrogens is 593 g/mol. The van der Waals surface area contributed by atoms with Crippen molar-refractivity contribution in [1.82, 2.24) is 0 Å². The van der Waals surface area contributed by atoms with Crippen LogP contribution in [0.25, 0.3) is 0 Å². The average molecular weight is 619 g/mol. The van der Waals surface area contributed by atoms with Gasteiger partial charge in [0.1, 0.15) is 5.75 Å². The molecule has 3 aromatic rings. The largest absolute Gasteiger partial charge is 0.507 e. The Hall–Kier alpha value is -3.29. The average Bonchev–Trinajstić information content (AvgIpc) is 2.81. The number of carbonyl (C=O) groups excluding carboxylic acids is 1. The normalized spacial score (nSPS) is 12.7.